The van der Waals surface area contributed by atoms with Gasteiger partial charge in [0.05, 0.1) is 0 Å². The van der Waals surface area contributed by atoms with Gasteiger partial charge in [0.2, 0.25) is 0 Å². The molecule has 1 atom stereocenters. The zero-order valence-electron chi connectivity index (χ0n) is 14.7. The van der Waals surface area contributed by atoms with Crippen LogP contribution in [0.1, 0.15) is 45.2 Å². The van der Waals surface area contributed by atoms with Gasteiger partial charge in [0, 0.05) is 17.0 Å². The molecular weight excluding hydrogens is 294 g/mol. The second-order valence-electron chi connectivity index (χ2n) is 6.54. The Hall–Kier alpha value is -1.16. The van der Waals surface area contributed by atoms with Crippen molar-refractivity contribution in [2.24, 2.45) is 0 Å². The third kappa shape index (κ3) is 6.73. The van der Waals surface area contributed by atoms with Gasteiger partial charge in [-0.3, -0.25) is 4.79 Å². The maximum atomic E-state index is 12.3. The number of hydrogen-bond acceptors (Lipinski definition) is 3. The van der Waals surface area contributed by atoms with Crippen molar-refractivity contribution in [3.8, 4) is 5.75 Å². The van der Waals surface area contributed by atoms with Crippen LogP contribution in [0.4, 0.5) is 0 Å². The molecule has 0 aliphatic heterocycles. The quantitative estimate of drug-likeness (QED) is 0.768. The molecular formula is C18H29NO2S. The summed E-state index contributed by atoms with van der Waals surface area (Å²) in [5, 5.41) is 2.98. The molecule has 1 rings (SSSR count). The summed E-state index contributed by atoms with van der Waals surface area (Å²) in [6.07, 6.45) is 0.228. The summed E-state index contributed by atoms with van der Waals surface area (Å²) in [6, 6.07) is 6.06. The Kier molecular flexibility index (Phi) is 7.27. The Labute approximate surface area is 139 Å². The molecule has 0 heterocycles. The number of hydrogen-bond donors (Lipinski definition) is 1. The zero-order chi connectivity index (χ0) is 16.8. The van der Waals surface area contributed by atoms with Crippen LogP contribution in [0.3, 0.4) is 0 Å². The Bertz CT molecular complexity index is 494. The second-order valence-corrected chi connectivity index (χ2v) is 8.46. The van der Waals surface area contributed by atoms with Gasteiger partial charge in [0.1, 0.15) is 5.75 Å². The van der Waals surface area contributed by atoms with Crippen LogP contribution in [0.25, 0.3) is 0 Å². The number of aryl methyl sites for hydroxylation is 2. The number of carbonyl (C=O) groups is 1. The summed E-state index contributed by atoms with van der Waals surface area (Å²) in [5.41, 5.74) is 2.19. The molecule has 4 heteroatoms. The van der Waals surface area contributed by atoms with Crippen LogP contribution in [0, 0.1) is 13.8 Å². The van der Waals surface area contributed by atoms with E-state index >= 15 is 0 Å². The van der Waals surface area contributed by atoms with Crippen molar-refractivity contribution in [2.75, 3.05) is 12.3 Å². The molecule has 22 heavy (non-hydrogen) atoms. The van der Waals surface area contributed by atoms with E-state index in [0.29, 0.717) is 13.0 Å². The maximum absolute atomic E-state index is 12.3. The summed E-state index contributed by atoms with van der Waals surface area (Å²) in [4.78, 5) is 12.3. The molecule has 1 aromatic rings. The molecule has 0 saturated carbocycles. The fraction of sp³-hybridized carbons (Fsp3) is 0.611. The molecule has 0 fully saturated rings. The standard InChI is InChI=1S/C18H29NO2S/c1-7-15(17(20)19-10-11-22-18(4,5)6)21-16-12-13(2)8-9-14(16)3/h8-9,12,15H,7,10-11H2,1-6H3,(H,19,20). The molecule has 1 amide bonds. The van der Waals surface area contributed by atoms with Crippen molar-refractivity contribution < 1.29 is 9.53 Å². The predicted octanol–water partition coefficient (Wildman–Crippen LogP) is 4.11. The zero-order valence-corrected chi connectivity index (χ0v) is 15.5. The van der Waals surface area contributed by atoms with Gasteiger partial charge in [-0.15, -0.1) is 0 Å². The van der Waals surface area contributed by atoms with Crippen molar-refractivity contribution in [3.63, 3.8) is 0 Å². The van der Waals surface area contributed by atoms with Crippen LogP contribution in [0.15, 0.2) is 18.2 Å². The predicted molar refractivity (Wildman–Crippen MR) is 95.8 cm³/mol. The van der Waals surface area contributed by atoms with E-state index in [9.17, 15) is 4.79 Å². The van der Waals surface area contributed by atoms with Crippen LogP contribution in [-0.2, 0) is 4.79 Å². The molecule has 1 unspecified atom stereocenters. The molecule has 0 radical (unpaired) electrons. The van der Waals surface area contributed by atoms with E-state index in [1.165, 1.54) is 0 Å². The van der Waals surface area contributed by atoms with Crippen molar-refractivity contribution in [2.45, 2.75) is 58.8 Å². The minimum Gasteiger partial charge on any atom is -0.480 e. The van der Waals surface area contributed by atoms with Gasteiger partial charge in [-0.1, -0.05) is 39.8 Å². The van der Waals surface area contributed by atoms with E-state index in [2.05, 4.69) is 26.1 Å². The molecule has 3 nitrogen and oxygen atoms in total. The Morgan fingerprint density at radius 2 is 2.00 bits per heavy atom. The summed E-state index contributed by atoms with van der Waals surface area (Å²) in [7, 11) is 0. The van der Waals surface area contributed by atoms with Gasteiger partial charge in [-0.05, 0) is 37.5 Å². The minimum absolute atomic E-state index is 0.0297. The van der Waals surface area contributed by atoms with Crippen LogP contribution < -0.4 is 10.1 Å². The highest BCUT2D eigenvalue weighted by Crippen LogP contribution is 2.23. The van der Waals surface area contributed by atoms with Gasteiger partial charge >= 0.3 is 0 Å². The van der Waals surface area contributed by atoms with E-state index < -0.39 is 6.10 Å². The maximum Gasteiger partial charge on any atom is 0.261 e. The first-order chi connectivity index (χ1) is 10.2. The summed E-state index contributed by atoms with van der Waals surface area (Å²) >= 11 is 1.85. The van der Waals surface area contributed by atoms with Crippen molar-refractivity contribution in [3.05, 3.63) is 29.3 Å². The van der Waals surface area contributed by atoms with Crippen LogP contribution in [0.2, 0.25) is 0 Å². The number of benzene rings is 1. The van der Waals surface area contributed by atoms with Gasteiger partial charge in [-0.2, -0.15) is 11.8 Å². The van der Waals surface area contributed by atoms with Crippen LogP contribution in [-0.4, -0.2) is 29.1 Å². The smallest absolute Gasteiger partial charge is 0.261 e. The summed E-state index contributed by atoms with van der Waals surface area (Å²) in [5.74, 6) is 1.68. The SMILES string of the molecule is CCC(Oc1cc(C)ccc1C)C(=O)NCCSC(C)(C)C. The minimum atomic E-state index is -0.430. The van der Waals surface area contributed by atoms with Gasteiger partial charge in [0.15, 0.2) is 6.10 Å². The molecule has 1 N–H and O–H groups in total. The van der Waals surface area contributed by atoms with Crippen molar-refractivity contribution in [1.82, 2.24) is 5.32 Å². The molecule has 0 aromatic heterocycles. The van der Waals surface area contributed by atoms with E-state index in [4.69, 9.17) is 4.74 Å². The molecule has 0 aliphatic rings. The molecule has 0 saturated heterocycles. The Morgan fingerprint density at radius 3 is 2.59 bits per heavy atom. The average Bonchev–Trinajstić information content (AvgIpc) is 2.43. The highest BCUT2D eigenvalue weighted by Gasteiger charge is 2.19. The molecule has 124 valence electrons. The van der Waals surface area contributed by atoms with E-state index in [-0.39, 0.29) is 10.7 Å². The topological polar surface area (TPSA) is 38.3 Å². The van der Waals surface area contributed by atoms with Gasteiger partial charge in [0.25, 0.3) is 5.91 Å². The molecule has 0 spiro atoms. The number of amides is 1. The summed E-state index contributed by atoms with van der Waals surface area (Å²) < 4.78 is 6.14. The molecule has 0 aliphatic carbocycles. The second kappa shape index (κ2) is 8.47. The Balaban J connectivity index is 2.53. The summed E-state index contributed by atoms with van der Waals surface area (Å²) in [6.45, 7) is 13.2. The number of ether oxygens (including phenoxy) is 1. The molecule has 0 bridgehead atoms. The lowest BCUT2D eigenvalue weighted by Gasteiger charge is -2.20. The Morgan fingerprint density at radius 1 is 1.32 bits per heavy atom. The third-order valence-corrected chi connectivity index (χ3v) is 4.49. The van der Waals surface area contributed by atoms with Crippen molar-refractivity contribution in [1.29, 1.82) is 0 Å². The normalized spacial score (nSPS) is 12.8. The number of carbonyl (C=O) groups excluding carboxylic acids is 1. The lowest BCUT2D eigenvalue weighted by molar-refractivity contribution is -0.128. The first-order valence-electron chi connectivity index (χ1n) is 7.88. The van der Waals surface area contributed by atoms with E-state index in [0.717, 1.165) is 22.6 Å². The van der Waals surface area contributed by atoms with E-state index in [1.54, 1.807) is 0 Å². The average molecular weight is 324 g/mol. The largest absolute Gasteiger partial charge is 0.480 e. The first kappa shape index (κ1) is 18.9. The monoisotopic (exact) mass is 323 g/mol. The third-order valence-electron chi connectivity index (χ3n) is 3.21. The van der Waals surface area contributed by atoms with Gasteiger partial charge in [-0.25, -0.2) is 0 Å². The van der Waals surface area contributed by atoms with Crippen LogP contribution in [0.5, 0.6) is 5.75 Å². The number of nitrogens with one attached hydrogen (secondary N) is 1. The first-order valence-corrected chi connectivity index (χ1v) is 8.87. The molecule has 1 aromatic carbocycles. The van der Waals surface area contributed by atoms with E-state index in [1.807, 2.05) is 50.7 Å². The van der Waals surface area contributed by atoms with Gasteiger partial charge < -0.3 is 10.1 Å². The van der Waals surface area contributed by atoms with Crippen LogP contribution >= 0.6 is 11.8 Å². The number of rotatable bonds is 7. The number of thioether (sulfide) groups is 1. The lowest BCUT2D eigenvalue weighted by Crippen LogP contribution is -2.39. The fourth-order valence-corrected chi connectivity index (χ4v) is 2.77. The highest BCUT2D eigenvalue weighted by atomic mass is 32.2. The fourth-order valence-electron chi connectivity index (χ4n) is 1.96. The lowest BCUT2D eigenvalue weighted by atomic mass is 10.1. The highest BCUT2D eigenvalue weighted by molar-refractivity contribution is 8.00. The van der Waals surface area contributed by atoms with Crippen molar-refractivity contribution >= 4 is 17.7 Å².